The number of anilines is 1. The van der Waals surface area contributed by atoms with Gasteiger partial charge in [-0.3, -0.25) is 14.3 Å². The van der Waals surface area contributed by atoms with Crippen LogP contribution in [-0.2, 0) is 18.4 Å². The predicted octanol–water partition coefficient (Wildman–Crippen LogP) is 1.09. The van der Waals surface area contributed by atoms with Crippen molar-refractivity contribution >= 4 is 17.5 Å². The first-order valence-electron chi connectivity index (χ1n) is 6.76. The Labute approximate surface area is 122 Å². The first kappa shape index (κ1) is 13.4. The number of carbonyl (C=O) groups is 2. The van der Waals surface area contributed by atoms with E-state index in [0.717, 1.165) is 5.69 Å². The molecule has 1 N–H and O–H groups in total. The maximum absolute atomic E-state index is 12.5. The lowest BCUT2D eigenvalue weighted by Crippen LogP contribution is -2.43. The largest absolute Gasteiger partial charge is 0.340 e. The molecule has 3 rings (SSSR count). The van der Waals surface area contributed by atoms with E-state index in [0.29, 0.717) is 17.8 Å². The van der Waals surface area contributed by atoms with E-state index in [1.54, 1.807) is 34.7 Å². The summed E-state index contributed by atoms with van der Waals surface area (Å²) in [6, 6.07) is 8.42. The van der Waals surface area contributed by atoms with E-state index in [-0.39, 0.29) is 11.8 Å². The molecule has 0 saturated heterocycles. The summed E-state index contributed by atoms with van der Waals surface area (Å²) in [6.07, 6.45) is 1.83. The number of amides is 2. The topological polar surface area (TPSA) is 67.2 Å². The zero-order valence-electron chi connectivity index (χ0n) is 11.9. The summed E-state index contributed by atoms with van der Waals surface area (Å²) in [5, 5.41) is 7.02. The van der Waals surface area contributed by atoms with Gasteiger partial charge in [-0.05, 0) is 25.1 Å². The summed E-state index contributed by atoms with van der Waals surface area (Å²) in [4.78, 5) is 26.3. The minimum atomic E-state index is -0.561. The third-order valence-corrected chi connectivity index (χ3v) is 3.51. The highest BCUT2D eigenvalue weighted by Crippen LogP contribution is 2.25. The highest BCUT2D eigenvalue weighted by molar-refractivity contribution is 6.10. The number of hydrogen-bond donors (Lipinski definition) is 1. The van der Waals surface area contributed by atoms with Gasteiger partial charge in [0.15, 0.2) is 0 Å². The fourth-order valence-corrected chi connectivity index (χ4v) is 2.46. The summed E-state index contributed by atoms with van der Waals surface area (Å²) < 4.78 is 1.69. The molecule has 0 bridgehead atoms. The molecule has 0 fully saturated rings. The Morgan fingerprint density at radius 2 is 2.00 bits per heavy atom. The summed E-state index contributed by atoms with van der Waals surface area (Å²) in [7, 11) is 1.83. The second kappa shape index (κ2) is 5.05. The number of aromatic nitrogens is 2. The van der Waals surface area contributed by atoms with Gasteiger partial charge in [0.25, 0.3) is 5.91 Å². The number of nitrogens with zero attached hydrogens (tertiary/aromatic N) is 3. The molecule has 1 aliphatic heterocycles. The van der Waals surface area contributed by atoms with Crippen LogP contribution in [-0.4, -0.2) is 27.6 Å². The minimum absolute atomic E-state index is 0.140. The summed E-state index contributed by atoms with van der Waals surface area (Å²) in [6.45, 7) is 2.04. The van der Waals surface area contributed by atoms with Crippen LogP contribution in [0.3, 0.4) is 0 Å². The number of rotatable bonds is 2. The van der Waals surface area contributed by atoms with E-state index in [9.17, 15) is 9.59 Å². The maximum Gasteiger partial charge on any atom is 0.254 e. The second-order valence-electron chi connectivity index (χ2n) is 5.12. The molecule has 1 unspecified atom stereocenters. The summed E-state index contributed by atoms with van der Waals surface area (Å²) in [5.41, 5.74) is 1.91. The summed E-state index contributed by atoms with van der Waals surface area (Å²) >= 11 is 0. The predicted molar refractivity (Wildman–Crippen MR) is 77.8 cm³/mol. The number of hydrogen-bond acceptors (Lipinski definition) is 3. The lowest BCUT2D eigenvalue weighted by Gasteiger charge is -2.23. The SMILES string of the molecule is CC1NC(=O)c2ccccc2N(Cc2ccn(C)n2)C1=O. The van der Waals surface area contributed by atoms with Crippen molar-refractivity contribution < 1.29 is 9.59 Å². The van der Waals surface area contributed by atoms with Crippen LogP contribution < -0.4 is 10.2 Å². The fraction of sp³-hybridized carbons (Fsp3) is 0.267. The van der Waals surface area contributed by atoms with Crippen LogP contribution in [0.2, 0.25) is 0 Å². The minimum Gasteiger partial charge on any atom is -0.340 e. The van der Waals surface area contributed by atoms with Crippen molar-refractivity contribution in [2.75, 3.05) is 4.90 Å². The average Bonchev–Trinajstić information content (AvgIpc) is 2.85. The van der Waals surface area contributed by atoms with Gasteiger partial charge in [0.1, 0.15) is 6.04 Å². The van der Waals surface area contributed by atoms with Crippen molar-refractivity contribution in [1.82, 2.24) is 15.1 Å². The molecule has 0 aliphatic carbocycles. The number of para-hydroxylation sites is 1. The first-order chi connectivity index (χ1) is 10.1. The molecule has 6 heteroatoms. The number of benzene rings is 1. The lowest BCUT2D eigenvalue weighted by atomic mass is 10.1. The zero-order chi connectivity index (χ0) is 15.0. The number of carbonyl (C=O) groups excluding carboxylic acids is 2. The van der Waals surface area contributed by atoms with Crippen LogP contribution >= 0.6 is 0 Å². The molecular weight excluding hydrogens is 268 g/mol. The number of aryl methyl sites for hydroxylation is 1. The van der Waals surface area contributed by atoms with Crippen molar-refractivity contribution in [1.29, 1.82) is 0 Å². The normalized spacial score (nSPS) is 18.2. The van der Waals surface area contributed by atoms with Crippen LogP contribution in [0.1, 0.15) is 23.0 Å². The van der Waals surface area contributed by atoms with E-state index in [2.05, 4.69) is 10.4 Å². The van der Waals surface area contributed by atoms with Crippen LogP contribution in [0.4, 0.5) is 5.69 Å². The van der Waals surface area contributed by atoms with Crippen LogP contribution in [0, 0.1) is 0 Å². The van der Waals surface area contributed by atoms with Crippen molar-refractivity contribution in [2.45, 2.75) is 19.5 Å². The van der Waals surface area contributed by atoms with E-state index >= 15 is 0 Å². The Morgan fingerprint density at radius 3 is 2.71 bits per heavy atom. The molecule has 1 aromatic heterocycles. The standard InChI is InChI=1S/C15H16N4O2/c1-10-15(21)19(9-11-7-8-18(2)17-11)13-6-4-3-5-12(13)14(20)16-10/h3-8,10H,9H2,1-2H3,(H,16,20). The molecule has 21 heavy (non-hydrogen) atoms. The molecule has 108 valence electrons. The van der Waals surface area contributed by atoms with Crippen molar-refractivity contribution in [3.63, 3.8) is 0 Å². The smallest absolute Gasteiger partial charge is 0.254 e. The monoisotopic (exact) mass is 284 g/mol. The molecular formula is C15H16N4O2. The quantitative estimate of drug-likeness (QED) is 0.897. The van der Waals surface area contributed by atoms with Gasteiger partial charge < -0.3 is 10.2 Å². The van der Waals surface area contributed by atoms with Gasteiger partial charge in [-0.1, -0.05) is 12.1 Å². The van der Waals surface area contributed by atoms with Gasteiger partial charge >= 0.3 is 0 Å². The molecule has 6 nitrogen and oxygen atoms in total. The fourth-order valence-electron chi connectivity index (χ4n) is 2.46. The van der Waals surface area contributed by atoms with Gasteiger partial charge in [-0.15, -0.1) is 0 Å². The molecule has 1 aromatic carbocycles. The van der Waals surface area contributed by atoms with E-state index < -0.39 is 6.04 Å². The molecule has 1 atom stereocenters. The maximum atomic E-state index is 12.5. The molecule has 1 aliphatic rings. The van der Waals surface area contributed by atoms with E-state index in [1.165, 1.54) is 0 Å². The Hall–Kier alpha value is -2.63. The number of nitrogens with one attached hydrogen (secondary N) is 1. The molecule has 2 aromatic rings. The molecule has 2 amide bonds. The summed E-state index contributed by atoms with van der Waals surface area (Å²) in [5.74, 6) is -0.367. The molecule has 0 saturated carbocycles. The van der Waals surface area contributed by atoms with Gasteiger partial charge in [-0.2, -0.15) is 5.10 Å². The first-order valence-corrected chi connectivity index (χ1v) is 6.76. The van der Waals surface area contributed by atoms with Crippen LogP contribution in [0.5, 0.6) is 0 Å². The highest BCUT2D eigenvalue weighted by Gasteiger charge is 2.31. The molecule has 0 radical (unpaired) electrons. The Balaban J connectivity index is 2.04. The second-order valence-corrected chi connectivity index (χ2v) is 5.12. The van der Waals surface area contributed by atoms with Gasteiger partial charge in [-0.25, -0.2) is 0 Å². The lowest BCUT2D eigenvalue weighted by molar-refractivity contribution is -0.120. The van der Waals surface area contributed by atoms with Crippen LogP contribution in [0.25, 0.3) is 0 Å². The van der Waals surface area contributed by atoms with Crippen molar-refractivity contribution in [2.24, 2.45) is 7.05 Å². The molecule has 2 heterocycles. The van der Waals surface area contributed by atoms with Crippen LogP contribution in [0.15, 0.2) is 36.5 Å². The third-order valence-electron chi connectivity index (χ3n) is 3.51. The van der Waals surface area contributed by atoms with E-state index in [1.807, 2.05) is 25.4 Å². The van der Waals surface area contributed by atoms with Gasteiger partial charge in [0.2, 0.25) is 5.91 Å². The third kappa shape index (κ3) is 2.40. The Morgan fingerprint density at radius 1 is 1.24 bits per heavy atom. The highest BCUT2D eigenvalue weighted by atomic mass is 16.2. The number of fused-ring (bicyclic) bond motifs is 1. The average molecular weight is 284 g/mol. The zero-order valence-corrected chi connectivity index (χ0v) is 11.9. The van der Waals surface area contributed by atoms with Gasteiger partial charge in [0, 0.05) is 13.2 Å². The van der Waals surface area contributed by atoms with Crippen molar-refractivity contribution in [3.8, 4) is 0 Å². The Kier molecular flexibility index (Phi) is 3.21. The van der Waals surface area contributed by atoms with Gasteiger partial charge in [0.05, 0.1) is 23.5 Å². The Bertz CT molecular complexity index is 707. The van der Waals surface area contributed by atoms with Crippen molar-refractivity contribution in [3.05, 3.63) is 47.8 Å². The molecule has 0 spiro atoms. The van der Waals surface area contributed by atoms with E-state index in [4.69, 9.17) is 0 Å².